The van der Waals surface area contributed by atoms with E-state index in [2.05, 4.69) is 32.9 Å². The fourth-order valence-corrected chi connectivity index (χ4v) is 2.50. The highest BCUT2D eigenvalue weighted by molar-refractivity contribution is 7.11. The Balaban J connectivity index is 2.49. The topological polar surface area (TPSA) is 26.0 Å². The Bertz CT molecular complexity index is 254. The second kappa shape index (κ2) is 4.77. The summed E-state index contributed by atoms with van der Waals surface area (Å²) in [6.45, 7) is 6.54. The van der Waals surface area contributed by atoms with Gasteiger partial charge < -0.3 is 5.73 Å². The Morgan fingerprint density at radius 1 is 1.46 bits per heavy atom. The van der Waals surface area contributed by atoms with Crippen LogP contribution in [0.25, 0.3) is 0 Å². The van der Waals surface area contributed by atoms with Crippen LogP contribution in [0.2, 0.25) is 0 Å². The smallest absolute Gasteiger partial charge is 0.00653 e. The van der Waals surface area contributed by atoms with Crippen LogP contribution in [0.4, 0.5) is 0 Å². The SMILES string of the molecule is CCC(N)C(C)Cc1ccc(C)s1. The molecule has 1 nitrogen and oxygen atoms in total. The van der Waals surface area contributed by atoms with Crippen molar-refractivity contribution in [3.63, 3.8) is 0 Å². The molecule has 0 amide bonds. The van der Waals surface area contributed by atoms with Gasteiger partial charge in [0.2, 0.25) is 0 Å². The van der Waals surface area contributed by atoms with Gasteiger partial charge in [0.25, 0.3) is 0 Å². The van der Waals surface area contributed by atoms with Crippen LogP contribution in [0.15, 0.2) is 12.1 Å². The van der Waals surface area contributed by atoms with Gasteiger partial charge in [-0.25, -0.2) is 0 Å². The quantitative estimate of drug-likeness (QED) is 0.789. The molecule has 13 heavy (non-hydrogen) atoms. The van der Waals surface area contributed by atoms with E-state index in [4.69, 9.17) is 5.73 Å². The molecule has 2 heteroatoms. The highest BCUT2D eigenvalue weighted by Gasteiger charge is 2.11. The van der Waals surface area contributed by atoms with E-state index in [-0.39, 0.29) is 0 Å². The number of rotatable bonds is 4. The van der Waals surface area contributed by atoms with Crippen molar-refractivity contribution in [2.45, 2.75) is 39.7 Å². The fraction of sp³-hybridized carbons (Fsp3) is 0.636. The Kier molecular flexibility index (Phi) is 3.94. The maximum atomic E-state index is 5.98. The van der Waals surface area contributed by atoms with Crippen molar-refractivity contribution in [1.82, 2.24) is 0 Å². The summed E-state index contributed by atoms with van der Waals surface area (Å²) < 4.78 is 0. The zero-order chi connectivity index (χ0) is 9.84. The van der Waals surface area contributed by atoms with Crippen LogP contribution >= 0.6 is 11.3 Å². The molecule has 1 rings (SSSR count). The zero-order valence-corrected chi connectivity index (χ0v) is 9.53. The van der Waals surface area contributed by atoms with E-state index in [1.54, 1.807) is 0 Å². The third-order valence-corrected chi connectivity index (χ3v) is 3.54. The van der Waals surface area contributed by atoms with Gasteiger partial charge in [0, 0.05) is 15.8 Å². The highest BCUT2D eigenvalue weighted by atomic mass is 32.1. The first-order chi connectivity index (χ1) is 6.13. The van der Waals surface area contributed by atoms with Crippen molar-refractivity contribution < 1.29 is 0 Å². The predicted molar refractivity (Wildman–Crippen MR) is 60.2 cm³/mol. The Labute approximate surface area is 85.0 Å². The monoisotopic (exact) mass is 197 g/mol. The van der Waals surface area contributed by atoms with Crippen LogP contribution in [0, 0.1) is 12.8 Å². The van der Waals surface area contributed by atoms with Gasteiger partial charge in [-0.3, -0.25) is 0 Å². The molecule has 0 spiro atoms. The predicted octanol–water partition coefficient (Wildman–Crippen LogP) is 2.97. The minimum atomic E-state index is 0.349. The second-order valence-corrected chi connectivity index (χ2v) is 5.14. The lowest BCUT2D eigenvalue weighted by molar-refractivity contribution is 0.445. The molecule has 0 aliphatic carbocycles. The summed E-state index contributed by atoms with van der Waals surface area (Å²) in [5.74, 6) is 0.600. The van der Waals surface area contributed by atoms with E-state index in [1.165, 1.54) is 9.75 Å². The molecule has 2 unspecified atom stereocenters. The van der Waals surface area contributed by atoms with Gasteiger partial charge in [-0.05, 0) is 37.8 Å². The minimum Gasteiger partial charge on any atom is -0.327 e. The first-order valence-electron chi connectivity index (χ1n) is 4.94. The molecule has 1 heterocycles. The standard InChI is InChI=1S/C11H19NS/c1-4-11(12)8(2)7-10-6-5-9(3)13-10/h5-6,8,11H,4,7,12H2,1-3H3. The molecule has 0 aliphatic rings. The van der Waals surface area contributed by atoms with E-state index in [0.29, 0.717) is 12.0 Å². The molecular formula is C11H19NS. The van der Waals surface area contributed by atoms with Crippen molar-refractivity contribution in [1.29, 1.82) is 0 Å². The molecule has 0 fully saturated rings. The maximum absolute atomic E-state index is 5.98. The van der Waals surface area contributed by atoms with Gasteiger partial charge in [-0.2, -0.15) is 0 Å². The summed E-state index contributed by atoms with van der Waals surface area (Å²) in [5, 5.41) is 0. The lowest BCUT2D eigenvalue weighted by Gasteiger charge is -2.16. The summed E-state index contributed by atoms with van der Waals surface area (Å²) in [6.07, 6.45) is 2.21. The second-order valence-electron chi connectivity index (χ2n) is 3.77. The molecular weight excluding hydrogens is 178 g/mol. The van der Waals surface area contributed by atoms with E-state index in [1.807, 2.05) is 11.3 Å². The maximum Gasteiger partial charge on any atom is 0.00653 e. The van der Waals surface area contributed by atoms with E-state index in [0.717, 1.165) is 12.8 Å². The molecule has 1 aromatic rings. The van der Waals surface area contributed by atoms with Gasteiger partial charge in [0.1, 0.15) is 0 Å². The van der Waals surface area contributed by atoms with Gasteiger partial charge in [0.05, 0.1) is 0 Å². The Morgan fingerprint density at radius 3 is 2.62 bits per heavy atom. The number of hydrogen-bond acceptors (Lipinski definition) is 2. The highest BCUT2D eigenvalue weighted by Crippen LogP contribution is 2.20. The summed E-state index contributed by atoms with van der Waals surface area (Å²) in [7, 11) is 0. The van der Waals surface area contributed by atoms with Crippen LogP contribution < -0.4 is 5.73 Å². The molecule has 2 N–H and O–H groups in total. The van der Waals surface area contributed by atoms with Crippen molar-refractivity contribution in [3.8, 4) is 0 Å². The molecule has 0 aromatic carbocycles. The Hall–Kier alpha value is -0.340. The summed E-state index contributed by atoms with van der Waals surface area (Å²) in [6, 6.07) is 4.76. The summed E-state index contributed by atoms with van der Waals surface area (Å²) in [5.41, 5.74) is 5.98. The molecule has 0 saturated carbocycles. The third kappa shape index (κ3) is 3.12. The van der Waals surface area contributed by atoms with Crippen molar-refractivity contribution in [3.05, 3.63) is 21.9 Å². The van der Waals surface area contributed by atoms with Gasteiger partial charge in [-0.1, -0.05) is 13.8 Å². The molecule has 1 aromatic heterocycles. The number of thiophene rings is 1. The van der Waals surface area contributed by atoms with Crippen LogP contribution in [-0.2, 0) is 6.42 Å². The van der Waals surface area contributed by atoms with Crippen molar-refractivity contribution >= 4 is 11.3 Å². The van der Waals surface area contributed by atoms with Gasteiger partial charge in [0.15, 0.2) is 0 Å². The summed E-state index contributed by atoms with van der Waals surface area (Å²) >= 11 is 1.89. The third-order valence-electron chi connectivity index (χ3n) is 2.52. The first-order valence-corrected chi connectivity index (χ1v) is 5.76. The number of nitrogens with two attached hydrogens (primary N) is 1. The van der Waals surface area contributed by atoms with E-state index in [9.17, 15) is 0 Å². The molecule has 0 radical (unpaired) electrons. The van der Waals surface area contributed by atoms with E-state index < -0.39 is 0 Å². The lowest BCUT2D eigenvalue weighted by atomic mass is 9.96. The lowest BCUT2D eigenvalue weighted by Crippen LogP contribution is -2.28. The average molecular weight is 197 g/mol. The Morgan fingerprint density at radius 2 is 2.15 bits per heavy atom. The molecule has 0 bridgehead atoms. The minimum absolute atomic E-state index is 0.349. The van der Waals surface area contributed by atoms with Crippen LogP contribution in [0.3, 0.4) is 0 Å². The largest absolute Gasteiger partial charge is 0.327 e. The van der Waals surface area contributed by atoms with E-state index >= 15 is 0 Å². The molecule has 0 saturated heterocycles. The molecule has 74 valence electrons. The van der Waals surface area contributed by atoms with Crippen LogP contribution in [-0.4, -0.2) is 6.04 Å². The van der Waals surface area contributed by atoms with Crippen LogP contribution in [0.1, 0.15) is 30.0 Å². The number of hydrogen-bond donors (Lipinski definition) is 1. The zero-order valence-electron chi connectivity index (χ0n) is 8.71. The fourth-order valence-electron chi connectivity index (χ4n) is 1.47. The first kappa shape index (κ1) is 10.7. The molecule has 2 atom stereocenters. The van der Waals surface area contributed by atoms with Gasteiger partial charge in [-0.15, -0.1) is 11.3 Å². The summed E-state index contributed by atoms with van der Waals surface area (Å²) in [4.78, 5) is 2.86. The van der Waals surface area contributed by atoms with Crippen molar-refractivity contribution in [2.75, 3.05) is 0 Å². The average Bonchev–Trinajstić information content (AvgIpc) is 2.49. The molecule has 0 aliphatic heterocycles. The normalized spacial score (nSPS) is 15.7. The number of aryl methyl sites for hydroxylation is 1. The van der Waals surface area contributed by atoms with Crippen molar-refractivity contribution in [2.24, 2.45) is 11.7 Å². The van der Waals surface area contributed by atoms with Gasteiger partial charge >= 0.3 is 0 Å². The van der Waals surface area contributed by atoms with Crippen LogP contribution in [0.5, 0.6) is 0 Å².